The molecule has 0 amide bonds. The van der Waals surface area contributed by atoms with Crippen molar-refractivity contribution in [2.75, 3.05) is 9.80 Å². The molecule has 20 rings (SSSR count). The summed E-state index contributed by atoms with van der Waals surface area (Å²) in [5, 5.41) is 7.40. The summed E-state index contributed by atoms with van der Waals surface area (Å²) >= 11 is 0. The summed E-state index contributed by atoms with van der Waals surface area (Å²) in [6.07, 6.45) is 0. The first-order chi connectivity index (χ1) is 58.9. The van der Waals surface area contributed by atoms with Crippen molar-refractivity contribution in [2.24, 2.45) is 0 Å². The molecule has 15 aromatic carbocycles. The SMILES string of the molecule is CC(C)(C)c1ccc(-c2cccc(-c3ccc(C(C)(C)C)cc3)c2N2c3cc(-n4c5ccc(C(C)(C)C)cc5c5cc(C(C)(C)C)ccc54)ccc3B3c4ccc(-n5c6ccccc6c6cc7c8ccccc8n(-c8ccccc8)c7cc65)cc4N(c4c(-c5ccc(C(C)(C)C)cc5)cccc4-c4ccc(C(C)(C)C)cc4)c4cc(C(C)(C)C)cc2c43)cc1. The van der Waals surface area contributed by atoms with E-state index < -0.39 is 0 Å². The Morgan fingerprint density at radius 3 is 0.839 bits per heavy atom. The maximum atomic E-state index is 2.76. The van der Waals surface area contributed by atoms with E-state index >= 15 is 0 Å². The highest BCUT2D eigenvalue weighted by Gasteiger charge is 2.47. The number of nitrogens with zero attached hydrogens (tertiary/aromatic N) is 5. The molecule has 0 aliphatic carbocycles. The van der Waals surface area contributed by atoms with Crippen LogP contribution in [0.5, 0.6) is 0 Å². The van der Waals surface area contributed by atoms with Crippen LogP contribution < -0.4 is 26.2 Å². The molecule has 0 saturated carbocycles. The molecule has 5 heterocycles. The quantitative estimate of drug-likeness (QED) is 0.134. The molecule has 2 aliphatic rings. The number of rotatable bonds is 9. The predicted octanol–water partition coefficient (Wildman–Crippen LogP) is 30.8. The first-order valence-electron chi connectivity index (χ1n) is 44.8. The van der Waals surface area contributed by atoms with Crippen LogP contribution in [-0.4, -0.2) is 20.4 Å². The molecule has 3 aromatic heterocycles. The Kier molecular flexibility index (Phi) is 18.3. The predicted molar refractivity (Wildman–Crippen MR) is 536 cm³/mol. The third-order valence-electron chi connectivity index (χ3n) is 27.2. The molecule has 614 valence electrons. The minimum Gasteiger partial charge on any atom is -0.310 e. The Morgan fingerprint density at radius 1 is 0.194 bits per heavy atom. The van der Waals surface area contributed by atoms with E-state index in [1.165, 1.54) is 104 Å². The number of benzene rings is 15. The fraction of sp³-hybridized carbons (Fsp3) is 0.237. The molecule has 124 heavy (non-hydrogen) atoms. The van der Waals surface area contributed by atoms with Crippen LogP contribution in [0.3, 0.4) is 0 Å². The number of hydrogen-bond acceptors (Lipinski definition) is 2. The molecule has 0 unspecified atom stereocenters. The lowest BCUT2D eigenvalue weighted by molar-refractivity contribution is 0.590. The number of hydrogen-bond donors (Lipinski definition) is 0. The molecular weight excluding hydrogens is 1500 g/mol. The third-order valence-corrected chi connectivity index (χ3v) is 27.2. The average molecular weight is 1610 g/mol. The second kappa shape index (κ2) is 28.5. The van der Waals surface area contributed by atoms with Gasteiger partial charge in [-0.05, 0) is 213 Å². The van der Waals surface area contributed by atoms with E-state index in [9.17, 15) is 0 Å². The summed E-state index contributed by atoms with van der Waals surface area (Å²) in [5.41, 5.74) is 38.3. The lowest BCUT2D eigenvalue weighted by Gasteiger charge is -2.46. The average Bonchev–Trinajstić information content (AvgIpc) is 0.770. The van der Waals surface area contributed by atoms with Crippen molar-refractivity contribution in [1.82, 2.24) is 13.7 Å². The Labute approximate surface area is 734 Å². The third kappa shape index (κ3) is 13.2. The zero-order valence-electron chi connectivity index (χ0n) is 76.3. The van der Waals surface area contributed by atoms with Gasteiger partial charge in [0.2, 0.25) is 0 Å². The van der Waals surface area contributed by atoms with Gasteiger partial charge in [-0.25, -0.2) is 0 Å². The van der Waals surface area contributed by atoms with Gasteiger partial charge in [-0.2, -0.15) is 0 Å². The van der Waals surface area contributed by atoms with Crippen LogP contribution in [0.25, 0.3) is 127 Å². The van der Waals surface area contributed by atoms with Crippen LogP contribution in [0.4, 0.5) is 34.1 Å². The van der Waals surface area contributed by atoms with Crippen molar-refractivity contribution in [3.63, 3.8) is 0 Å². The smallest absolute Gasteiger partial charge is 0.252 e. The highest BCUT2D eigenvalue weighted by Crippen LogP contribution is 2.56. The summed E-state index contributed by atoms with van der Waals surface area (Å²) in [7, 11) is 0. The Morgan fingerprint density at radius 2 is 0.492 bits per heavy atom. The molecule has 0 radical (unpaired) electrons. The zero-order valence-corrected chi connectivity index (χ0v) is 76.3. The minimum atomic E-state index is -0.373. The topological polar surface area (TPSA) is 21.3 Å². The van der Waals surface area contributed by atoms with Crippen molar-refractivity contribution in [2.45, 2.75) is 183 Å². The van der Waals surface area contributed by atoms with Crippen LogP contribution in [0.1, 0.15) is 184 Å². The van der Waals surface area contributed by atoms with Crippen molar-refractivity contribution < 1.29 is 0 Å². The lowest BCUT2D eigenvalue weighted by atomic mass is 9.33. The molecular formula is C118H114BN5. The van der Waals surface area contributed by atoms with Crippen molar-refractivity contribution in [3.8, 4) is 61.6 Å². The van der Waals surface area contributed by atoms with Gasteiger partial charge < -0.3 is 23.5 Å². The van der Waals surface area contributed by atoms with E-state index in [0.717, 1.165) is 112 Å². The van der Waals surface area contributed by atoms with Crippen molar-refractivity contribution in [1.29, 1.82) is 0 Å². The van der Waals surface area contributed by atoms with Gasteiger partial charge in [0.1, 0.15) is 0 Å². The summed E-state index contributed by atoms with van der Waals surface area (Å²) in [4.78, 5) is 5.53. The van der Waals surface area contributed by atoms with E-state index in [2.05, 4.69) is 478 Å². The van der Waals surface area contributed by atoms with E-state index in [1.54, 1.807) is 0 Å². The fourth-order valence-corrected chi connectivity index (χ4v) is 20.1. The van der Waals surface area contributed by atoms with E-state index in [0.29, 0.717) is 0 Å². The van der Waals surface area contributed by atoms with E-state index in [1.807, 2.05) is 0 Å². The van der Waals surface area contributed by atoms with Gasteiger partial charge in [-0.3, -0.25) is 0 Å². The monoisotopic (exact) mass is 1610 g/mol. The standard InChI is InChI=1S/C118H114BN5/c1-112(2,3)77-49-41-73(42-50-77)87-35-29-36-88(74-43-51-78(52-44-74)113(4,5)6)110(87)123-105-69-85(121-101-63-57-81(116(13,14)15)65-93(101)94-66-82(117(16,17)18)58-64-102(94)121)59-61-97(105)119-98-62-60-86(122-100-40-28-26-34-92(100)96-71-95-91-33-25-27-39-99(91)120(103(95)72-104(96)122)84-31-23-22-24-32-84)70-106(98)124(108-68-83(118(19,20)21)67-107(123)109(108)119)111-89(75-45-53-79(54-46-75)114(7,8)9)37-30-38-90(111)76-47-55-80(56-48-76)115(10,11)12/h22-72H,1-21H3. The van der Waals surface area contributed by atoms with Crippen molar-refractivity contribution >= 4 is 123 Å². The van der Waals surface area contributed by atoms with Crippen LogP contribution in [0.15, 0.2) is 309 Å². The molecule has 0 N–H and O–H groups in total. The second-order valence-corrected chi connectivity index (χ2v) is 42.7. The fourth-order valence-electron chi connectivity index (χ4n) is 20.1. The number of aromatic nitrogens is 3. The molecule has 0 bridgehead atoms. The number of fused-ring (bicyclic) bond motifs is 13. The molecule has 0 spiro atoms. The molecule has 6 heteroatoms. The highest BCUT2D eigenvalue weighted by atomic mass is 15.2. The van der Waals surface area contributed by atoms with Crippen LogP contribution in [-0.2, 0) is 37.9 Å². The van der Waals surface area contributed by atoms with Crippen molar-refractivity contribution in [3.05, 3.63) is 348 Å². The maximum absolute atomic E-state index is 2.76. The Balaban J connectivity index is 0.952. The molecule has 0 saturated heterocycles. The summed E-state index contributed by atoms with van der Waals surface area (Å²) in [6, 6.07) is 121. The van der Waals surface area contributed by atoms with Gasteiger partial charge in [0.15, 0.2) is 0 Å². The molecule has 2 aliphatic heterocycles. The van der Waals surface area contributed by atoms with E-state index in [4.69, 9.17) is 0 Å². The van der Waals surface area contributed by atoms with Gasteiger partial charge in [0.25, 0.3) is 6.71 Å². The largest absolute Gasteiger partial charge is 0.310 e. The number of anilines is 6. The molecule has 18 aromatic rings. The minimum absolute atomic E-state index is 0.0640. The molecule has 0 fully saturated rings. The van der Waals surface area contributed by atoms with Crippen LogP contribution >= 0.6 is 0 Å². The lowest BCUT2D eigenvalue weighted by Crippen LogP contribution is -2.61. The molecule has 5 nitrogen and oxygen atoms in total. The van der Waals surface area contributed by atoms with Gasteiger partial charge in [0, 0.05) is 94.4 Å². The summed E-state index contributed by atoms with van der Waals surface area (Å²) in [6.45, 7) is 49.0. The second-order valence-electron chi connectivity index (χ2n) is 42.7. The van der Waals surface area contributed by atoms with Gasteiger partial charge in [-0.15, -0.1) is 0 Å². The maximum Gasteiger partial charge on any atom is 0.252 e. The first-order valence-corrected chi connectivity index (χ1v) is 44.8. The van der Waals surface area contributed by atoms with Crippen LogP contribution in [0, 0.1) is 0 Å². The van der Waals surface area contributed by atoms with Gasteiger partial charge in [0.05, 0.1) is 44.5 Å². The van der Waals surface area contributed by atoms with Gasteiger partial charge in [-0.1, -0.05) is 358 Å². The normalized spacial score (nSPS) is 13.5. The summed E-state index contributed by atoms with van der Waals surface area (Å²) < 4.78 is 7.63. The van der Waals surface area contributed by atoms with Crippen LogP contribution in [0.2, 0.25) is 0 Å². The Bertz CT molecular complexity index is 7110. The first kappa shape index (κ1) is 79.8. The number of para-hydroxylation sites is 5. The van der Waals surface area contributed by atoms with E-state index in [-0.39, 0.29) is 44.6 Å². The molecule has 0 atom stereocenters. The zero-order chi connectivity index (χ0) is 86.5. The summed E-state index contributed by atoms with van der Waals surface area (Å²) in [5.74, 6) is 0. The Hall–Kier alpha value is -12.6. The highest BCUT2D eigenvalue weighted by molar-refractivity contribution is 7.00. The van der Waals surface area contributed by atoms with Gasteiger partial charge >= 0.3 is 0 Å².